The highest BCUT2D eigenvalue weighted by molar-refractivity contribution is 7.99. The second-order valence-corrected chi connectivity index (χ2v) is 6.75. The third-order valence-corrected chi connectivity index (χ3v) is 4.75. The Morgan fingerprint density at radius 3 is 2.11 bits per heavy atom. The van der Waals surface area contributed by atoms with E-state index >= 15 is 0 Å². The lowest BCUT2D eigenvalue weighted by atomic mass is 10.2. The van der Waals surface area contributed by atoms with E-state index < -0.39 is 0 Å². The molecule has 3 rings (SSSR count). The van der Waals surface area contributed by atoms with Gasteiger partial charge in [0.05, 0.1) is 27.9 Å². The molecule has 0 saturated heterocycles. The molecule has 1 aromatic heterocycles. The zero-order valence-electron chi connectivity index (χ0n) is 16.0. The predicted octanol–water partition coefficient (Wildman–Crippen LogP) is 4.32. The second kappa shape index (κ2) is 9.89. The molecule has 0 atom stereocenters. The standard InChI is InChI=1S/C20H22N2O5S/c1-23-15-5-7-16(8-6-15)26-9-4-10-28-20-22-21-19(27-20)14-11-17(24-2)13-18(12-14)25-3/h5-8,11-13H,4,9-10H2,1-3H3. The van der Waals surface area contributed by atoms with E-state index in [1.165, 1.54) is 11.8 Å². The fraction of sp³-hybridized carbons (Fsp3) is 0.300. The molecule has 2 aromatic carbocycles. The molecule has 0 fully saturated rings. The molecule has 28 heavy (non-hydrogen) atoms. The monoisotopic (exact) mass is 402 g/mol. The minimum atomic E-state index is 0.425. The molecular weight excluding hydrogens is 380 g/mol. The van der Waals surface area contributed by atoms with Crippen molar-refractivity contribution >= 4 is 11.8 Å². The Bertz CT molecular complexity index is 860. The summed E-state index contributed by atoms with van der Waals surface area (Å²) in [6.07, 6.45) is 0.849. The predicted molar refractivity (Wildman–Crippen MR) is 107 cm³/mol. The van der Waals surface area contributed by atoms with Crippen molar-refractivity contribution in [3.63, 3.8) is 0 Å². The molecule has 0 amide bonds. The quantitative estimate of drug-likeness (QED) is 0.366. The van der Waals surface area contributed by atoms with Crippen LogP contribution in [0.4, 0.5) is 0 Å². The van der Waals surface area contributed by atoms with Gasteiger partial charge < -0.3 is 23.4 Å². The Balaban J connectivity index is 1.48. The smallest absolute Gasteiger partial charge is 0.276 e. The SMILES string of the molecule is COc1ccc(OCCCSc2nnc(-c3cc(OC)cc(OC)c3)o2)cc1. The van der Waals surface area contributed by atoms with Crippen LogP contribution in [-0.4, -0.2) is 43.9 Å². The number of hydrogen-bond acceptors (Lipinski definition) is 8. The lowest BCUT2D eigenvalue weighted by Crippen LogP contribution is -1.98. The van der Waals surface area contributed by atoms with Gasteiger partial charge >= 0.3 is 0 Å². The summed E-state index contributed by atoms with van der Waals surface area (Å²) in [6.45, 7) is 0.605. The molecule has 0 radical (unpaired) electrons. The summed E-state index contributed by atoms with van der Waals surface area (Å²) in [7, 11) is 4.84. The molecule has 148 valence electrons. The van der Waals surface area contributed by atoms with Crippen molar-refractivity contribution in [3.05, 3.63) is 42.5 Å². The highest BCUT2D eigenvalue weighted by atomic mass is 32.2. The first kappa shape index (κ1) is 19.9. The molecule has 0 N–H and O–H groups in total. The van der Waals surface area contributed by atoms with Crippen LogP contribution < -0.4 is 18.9 Å². The molecule has 0 saturated carbocycles. The van der Waals surface area contributed by atoms with Gasteiger partial charge in [-0.3, -0.25) is 0 Å². The van der Waals surface area contributed by atoms with Crippen LogP contribution >= 0.6 is 11.8 Å². The van der Waals surface area contributed by atoms with Crippen molar-refractivity contribution in [2.75, 3.05) is 33.7 Å². The first-order valence-corrected chi connectivity index (χ1v) is 9.67. The van der Waals surface area contributed by atoms with E-state index in [0.29, 0.717) is 29.2 Å². The van der Waals surface area contributed by atoms with Crippen molar-refractivity contribution < 1.29 is 23.4 Å². The highest BCUT2D eigenvalue weighted by Crippen LogP contribution is 2.30. The molecule has 8 heteroatoms. The van der Waals surface area contributed by atoms with Gasteiger partial charge in [0.25, 0.3) is 5.22 Å². The van der Waals surface area contributed by atoms with Gasteiger partial charge in [0.15, 0.2) is 0 Å². The van der Waals surface area contributed by atoms with Gasteiger partial charge in [0.2, 0.25) is 5.89 Å². The van der Waals surface area contributed by atoms with Crippen LogP contribution in [0.3, 0.4) is 0 Å². The summed E-state index contributed by atoms with van der Waals surface area (Å²) in [5.74, 6) is 4.19. The molecule has 1 heterocycles. The molecule has 0 bridgehead atoms. The summed E-state index contributed by atoms with van der Waals surface area (Å²) >= 11 is 1.49. The molecular formula is C20H22N2O5S. The van der Waals surface area contributed by atoms with Gasteiger partial charge in [-0.2, -0.15) is 0 Å². The van der Waals surface area contributed by atoms with E-state index in [1.54, 1.807) is 27.4 Å². The second-order valence-electron chi connectivity index (χ2n) is 5.70. The van der Waals surface area contributed by atoms with Crippen LogP contribution in [0.15, 0.2) is 52.1 Å². The van der Waals surface area contributed by atoms with Gasteiger partial charge in [0.1, 0.15) is 23.0 Å². The maximum atomic E-state index is 5.73. The fourth-order valence-electron chi connectivity index (χ4n) is 2.40. The Labute approximate surface area is 168 Å². The Kier molecular flexibility index (Phi) is 7.02. The van der Waals surface area contributed by atoms with Crippen LogP contribution in [0.1, 0.15) is 6.42 Å². The number of rotatable bonds is 10. The van der Waals surface area contributed by atoms with Crippen LogP contribution in [0, 0.1) is 0 Å². The highest BCUT2D eigenvalue weighted by Gasteiger charge is 2.12. The van der Waals surface area contributed by atoms with E-state index in [0.717, 1.165) is 29.2 Å². The minimum Gasteiger partial charge on any atom is -0.497 e. The van der Waals surface area contributed by atoms with E-state index in [-0.39, 0.29) is 0 Å². The summed E-state index contributed by atoms with van der Waals surface area (Å²) in [5.41, 5.74) is 0.749. The Hall–Kier alpha value is -2.87. The first-order chi connectivity index (χ1) is 13.7. The fourth-order valence-corrected chi connectivity index (χ4v) is 3.07. The van der Waals surface area contributed by atoms with Gasteiger partial charge in [-0.15, -0.1) is 10.2 Å². The number of aromatic nitrogens is 2. The minimum absolute atomic E-state index is 0.425. The molecule has 0 spiro atoms. The van der Waals surface area contributed by atoms with Crippen molar-refractivity contribution in [3.8, 4) is 34.5 Å². The zero-order chi connectivity index (χ0) is 19.8. The summed E-state index contributed by atoms with van der Waals surface area (Å²) in [4.78, 5) is 0. The largest absolute Gasteiger partial charge is 0.497 e. The maximum Gasteiger partial charge on any atom is 0.276 e. The third-order valence-electron chi connectivity index (χ3n) is 3.85. The van der Waals surface area contributed by atoms with Crippen molar-refractivity contribution in [1.82, 2.24) is 10.2 Å². The lowest BCUT2D eigenvalue weighted by Gasteiger charge is -2.06. The average molecular weight is 402 g/mol. The van der Waals surface area contributed by atoms with Crippen molar-refractivity contribution in [1.29, 1.82) is 0 Å². The number of ether oxygens (including phenoxy) is 4. The van der Waals surface area contributed by atoms with E-state index in [9.17, 15) is 0 Å². The van der Waals surface area contributed by atoms with Gasteiger partial charge in [-0.25, -0.2) is 0 Å². The van der Waals surface area contributed by atoms with Crippen LogP contribution in [0.25, 0.3) is 11.5 Å². The van der Waals surface area contributed by atoms with Crippen molar-refractivity contribution in [2.24, 2.45) is 0 Å². The molecule has 0 aliphatic carbocycles. The van der Waals surface area contributed by atoms with Crippen LogP contribution in [0.2, 0.25) is 0 Å². The Morgan fingerprint density at radius 2 is 1.46 bits per heavy atom. The molecule has 7 nitrogen and oxygen atoms in total. The van der Waals surface area contributed by atoms with Gasteiger partial charge in [0, 0.05) is 17.4 Å². The van der Waals surface area contributed by atoms with Gasteiger partial charge in [-0.05, 0) is 42.8 Å². The first-order valence-electron chi connectivity index (χ1n) is 8.68. The third kappa shape index (κ3) is 5.32. The summed E-state index contributed by atoms with van der Waals surface area (Å²) in [6, 6.07) is 13.0. The normalized spacial score (nSPS) is 10.5. The Morgan fingerprint density at radius 1 is 0.821 bits per heavy atom. The van der Waals surface area contributed by atoms with Crippen molar-refractivity contribution in [2.45, 2.75) is 11.6 Å². The van der Waals surface area contributed by atoms with E-state index in [1.807, 2.05) is 36.4 Å². The summed E-state index contributed by atoms with van der Waals surface area (Å²) < 4.78 is 27.1. The van der Waals surface area contributed by atoms with Gasteiger partial charge in [-0.1, -0.05) is 11.8 Å². The number of nitrogens with zero attached hydrogens (tertiary/aromatic N) is 2. The molecule has 0 aliphatic rings. The van der Waals surface area contributed by atoms with E-state index in [2.05, 4.69) is 10.2 Å². The molecule has 3 aromatic rings. The number of thioether (sulfide) groups is 1. The zero-order valence-corrected chi connectivity index (χ0v) is 16.8. The number of hydrogen-bond donors (Lipinski definition) is 0. The summed E-state index contributed by atoms with van der Waals surface area (Å²) in [5, 5.41) is 8.71. The molecule has 0 aliphatic heterocycles. The van der Waals surface area contributed by atoms with Crippen LogP contribution in [0.5, 0.6) is 23.0 Å². The molecule has 0 unspecified atom stereocenters. The number of methoxy groups -OCH3 is 3. The van der Waals surface area contributed by atoms with Crippen LogP contribution in [-0.2, 0) is 0 Å². The number of benzene rings is 2. The maximum absolute atomic E-state index is 5.73. The lowest BCUT2D eigenvalue weighted by molar-refractivity contribution is 0.317. The topological polar surface area (TPSA) is 75.8 Å². The average Bonchev–Trinajstić information content (AvgIpc) is 3.22. The van der Waals surface area contributed by atoms with E-state index in [4.69, 9.17) is 23.4 Å².